The Kier molecular flexibility index (Phi) is 7.63. The van der Waals surface area contributed by atoms with Gasteiger partial charge in [0.2, 0.25) is 0 Å². The van der Waals surface area contributed by atoms with Crippen LogP contribution in [0.5, 0.6) is 17.2 Å². The number of ether oxygens (including phenoxy) is 1. The Bertz CT molecular complexity index is 1380. The highest BCUT2D eigenvalue weighted by Crippen LogP contribution is 2.41. The van der Waals surface area contributed by atoms with E-state index in [0.717, 1.165) is 10.5 Å². The number of carboxylic acid groups (broad SMARTS) is 1. The Morgan fingerprint density at radius 1 is 0.861 bits per heavy atom. The molecule has 0 unspecified atom stereocenters. The zero-order valence-electron chi connectivity index (χ0n) is 18.7. The molecule has 182 valence electrons. The number of rotatable bonds is 7. The van der Waals surface area contributed by atoms with E-state index in [1.54, 1.807) is 42.5 Å². The number of amides is 2. The Labute approximate surface area is 217 Å². The number of phenolic OH excluding ortho intramolecular Hbond substituents is 1. The largest absolute Gasteiger partial charge is 0.507 e. The van der Waals surface area contributed by atoms with Crippen molar-refractivity contribution < 1.29 is 24.5 Å². The van der Waals surface area contributed by atoms with Gasteiger partial charge in [0.05, 0.1) is 10.0 Å². The van der Waals surface area contributed by atoms with Gasteiger partial charge in [-0.2, -0.15) is 0 Å². The fourth-order valence-corrected chi connectivity index (χ4v) is 4.03. The molecule has 4 aromatic carbocycles. The number of halogens is 2. The number of carbonyl (C=O) groups excluding carboxylic acids is 1. The van der Waals surface area contributed by atoms with E-state index in [-0.39, 0.29) is 27.2 Å². The maximum absolute atomic E-state index is 12.9. The van der Waals surface area contributed by atoms with E-state index in [2.05, 4.69) is 5.32 Å². The van der Waals surface area contributed by atoms with Gasteiger partial charge >= 0.3 is 12.0 Å². The van der Waals surface area contributed by atoms with Crippen LogP contribution in [0.15, 0.2) is 91.0 Å². The number of hydrogen-bond acceptors (Lipinski definition) is 4. The van der Waals surface area contributed by atoms with Crippen molar-refractivity contribution in [3.63, 3.8) is 0 Å². The number of benzene rings is 4. The first kappa shape index (κ1) is 24.9. The number of nitrogens with zero attached hydrogens (tertiary/aromatic N) is 1. The van der Waals surface area contributed by atoms with Gasteiger partial charge in [-0.05, 0) is 48.0 Å². The number of aliphatic carboxylic acids is 1. The van der Waals surface area contributed by atoms with Crippen molar-refractivity contribution in [3.8, 4) is 28.4 Å². The van der Waals surface area contributed by atoms with E-state index in [0.29, 0.717) is 17.0 Å². The van der Waals surface area contributed by atoms with Gasteiger partial charge in [-0.15, -0.1) is 0 Å². The third-order valence-corrected chi connectivity index (χ3v) is 5.69. The number of hydrogen-bond donors (Lipinski definition) is 3. The molecule has 4 aromatic rings. The predicted octanol–water partition coefficient (Wildman–Crippen LogP) is 7.28. The lowest BCUT2D eigenvalue weighted by molar-refractivity contribution is -0.135. The molecule has 0 atom stereocenters. The molecule has 4 rings (SSSR count). The van der Waals surface area contributed by atoms with Crippen LogP contribution in [-0.2, 0) is 4.79 Å². The van der Waals surface area contributed by atoms with Gasteiger partial charge < -0.3 is 20.3 Å². The van der Waals surface area contributed by atoms with Crippen LogP contribution in [0.3, 0.4) is 0 Å². The molecule has 0 bridgehead atoms. The van der Waals surface area contributed by atoms with E-state index in [1.165, 1.54) is 18.2 Å². The number of urea groups is 1. The van der Waals surface area contributed by atoms with Crippen molar-refractivity contribution in [1.82, 2.24) is 0 Å². The van der Waals surface area contributed by atoms with Crippen LogP contribution in [0.1, 0.15) is 0 Å². The monoisotopic (exact) mass is 522 g/mol. The first-order chi connectivity index (χ1) is 17.3. The second-order valence-corrected chi connectivity index (χ2v) is 8.48. The van der Waals surface area contributed by atoms with Crippen molar-refractivity contribution in [1.29, 1.82) is 0 Å². The first-order valence-electron chi connectivity index (χ1n) is 10.7. The number of anilines is 2. The Hall–Kier alpha value is -4.20. The quantitative estimate of drug-likeness (QED) is 0.236. The van der Waals surface area contributed by atoms with Crippen molar-refractivity contribution in [3.05, 3.63) is 101 Å². The zero-order chi connectivity index (χ0) is 25.7. The predicted molar refractivity (Wildman–Crippen MR) is 141 cm³/mol. The van der Waals surface area contributed by atoms with Gasteiger partial charge in [0.25, 0.3) is 0 Å². The SMILES string of the molecule is O=C(O)CN(C(=O)Nc1ccccc1)c1cc(Cl)c(Oc2ccc(O)c(-c3ccccc3)c2)c(Cl)c1. The molecule has 0 spiro atoms. The molecule has 7 nitrogen and oxygen atoms in total. The van der Waals surface area contributed by atoms with Crippen LogP contribution in [0.2, 0.25) is 10.0 Å². The molecule has 2 amide bonds. The molecule has 0 heterocycles. The summed E-state index contributed by atoms with van der Waals surface area (Å²) in [5, 5.41) is 22.4. The molecule has 9 heteroatoms. The number of carboxylic acids is 1. The average molecular weight is 523 g/mol. The Balaban J connectivity index is 1.62. The summed E-state index contributed by atoms with van der Waals surface area (Å²) >= 11 is 12.9. The molecular formula is C27H20Cl2N2O5. The molecular weight excluding hydrogens is 503 g/mol. The van der Waals surface area contributed by atoms with Crippen molar-refractivity contribution in [2.45, 2.75) is 0 Å². The lowest BCUT2D eigenvalue weighted by Crippen LogP contribution is -2.39. The molecule has 0 radical (unpaired) electrons. The molecule has 0 saturated carbocycles. The van der Waals surface area contributed by atoms with Crippen molar-refractivity contribution in [2.75, 3.05) is 16.8 Å². The van der Waals surface area contributed by atoms with E-state index >= 15 is 0 Å². The van der Waals surface area contributed by atoms with Crippen molar-refractivity contribution in [2.24, 2.45) is 0 Å². The summed E-state index contributed by atoms with van der Waals surface area (Å²) in [6.07, 6.45) is 0. The second-order valence-electron chi connectivity index (χ2n) is 7.66. The van der Waals surface area contributed by atoms with Gasteiger partial charge in [-0.25, -0.2) is 4.79 Å². The molecule has 0 fully saturated rings. The van der Waals surface area contributed by atoms with E-state index in [4.69, 9.17) is 27.9 Å². The van der Waals surface area contributed by atoms with Crippen LogP contribution in [0.4, 0.5) is 16.2 Å². The minimum atomic E-state index is -1.22. The highest BCUT2D eigenvalue weighted by atomic mass is 35.5. The second kappa shape index (κ2) is 11.0. The molecule has 0 aliphatic carbocycles. The van der Waals surface area contributed by atoms with Gasteiger partial charge in [-0.1, -0.05) is 71.7 Å². The molecule has 0 aliphatic heterocycles. The number of para-hydroxylation sites is 1. The summed E-state index contributed by atoms with van der Waals surface area (Å²) in [5.41, 5.74) is 2.02. The van der Waals surface area contributed by atoms with Crippen LogP contribution >= 0.6 is 23.2 Å². The average Bonchev–Trinajstić information content (AvgIpc) is 2.86. The minimum absolute atomic E-state index is 0.0646. The van der Waals surface area contributed by atoms with Gasteiger partial charge in [-0.3, -0.25) is 9.69 Å². The number of nitrogens with one attached hydrogen (secondary N) is 1. The summed E-state index contributed by atoms with van der Waals surface area (Å²) in [6, 6.07) is 24.7. The summed E-state index contributed by atoms with van der Waals surface area (Å²) in [4.78, 5) is 25.3. The third kappa shape index (κ3) is 5.89. The zero-order valence-corrected chi connectivity index (χ0v) is 20.2. The fourth-order valence-electron chi connectivity index (χ4n) is 3.47. The lowest BCUT2D eigenvalue weighted by Gasteiger charge is -2.23. The Morgan fingerprint density at radius 2 is 1.47 bits per heavy atom. The molecule has 3 N–H and O–H groups in total. The van der Waals surface area contributed by atoms with Crippen LogP contribution in [0, 0.1) is 0 Å². The smallest absolute Gasteiger partial charge is 0.326 e. The molecule has 0 aliphatic rings. The number of phenols is 1. The summed E-state index contributed by atoms with van der Waals surface area (Å²) in [7, 11) is 0. The minimum Gasteiger partial charge on any atom is -0.507 e. The summed E-state index contributed by atoms with van der Waals surface area (Å²) < 4.78 is 5.92. The number of aromatic hydroxyl groups is 1. The molecule has 36 heavy (non-hydrogen) atoms. The molecule has 0 aromatic heterocycles. The number of carbonyl (C=O) groups is 2. The highest BCUT2D eigenvalue weighted by Gasteiger charge is 2.22. The first-order valence-corrected chi connectivity index (χ1v) is 11.5. The summed E-state index contributed by atoms with van der Waals surface area (Å²) in [5.74, 6) is -0.656. The van der Waals surface area contributed by atoms with Gasteiger partial charge in [0.1, 0.15) is 18.0 Å². The Morgan fingerprint density at radius 3 is 2.08 bits per heavy atom. The standard InChI is InChI=1S/C27H20Cl2N2O5/c28-22-13-19(31(16-25(33)34)27(35)30-18-9-5-2-6-10-18)14-23(29)26(22)36-20-11-12-24(32)21(15-20)17-7-3-1-4-8-17/h1-15,32H,16H2,(H,30,35)(H,33,34). The van der Waals surface area contributed by atoms with Gasteiger partial charge in [0, 0.05) is 16.9 Å². The van der Waals surface area contributed by atoms with E-state index in [1.807, 2.05) is 30.3 Å². The maximum Gasteiger partial charge on any atom is 0.326 e. The maximum atomic E-state index is 12.9. The third-order valence-electron chi connectivity index (χ3n) is 5.13. The van der Waals surface area contributed by atoms with E-state index < -0.39 is 18.5 Å². The van der Waals surface area contributed by atoms with Crippen LogP contribution in [-0.4, -0.2) is 28.8 Å². The topological polar surface area (TPSA) is 99.1 Å². The van der Waals surface area contributed by atoms with Crippen molar-refractivity contribution >= 4 is 46.6 Å². The molecule has 0 saturated heterocycles. The highest BCUT2D eigenvalue weighted by molar-refractivity contribution is 6.37. The normalized spacial score (nSPS) is 10.5. The van der Waals surface area contributed by atoms with E-state index in [9.17, 15) is 19.8 Å². The fraction of sp³-hybridized carbons (Fsp3) is 0.0370. The summed E-state index contributed by atoms with van der Waals surface area (Å²) in [6.45, 7) is -0.621. The van der Waals surface area contributed by atoms with Crippen LogP contribution in [0.25, 0.3) is 11.1 Å². The lowest BCUT2D eigenvalue weighted by atomic mass is 10.0. The van der Waals surface area contributed by atoms with Crippen LogP contribution < -0.4 is 15.0 Å². The van der Waals surface area contributed by atoms with Gasteiger partial charge in [0.15, 0.2) is 5.75 Å².